The molecule has 2 saturated heterocycles. The van der Waals surface area contributed by atoms with Gasteiger partial charge in [-0.3, -0.25) is 4.90 Å². The van der Waals surface area contributed by atoms with Gasteiger partial charge in [-0.2, -0.15) is 0 Å². The second-order valence-corrected chi connectivity index (χ2v) is 4.17. The summed E-state index contributed by atoms with van der Waals surface area (Å²) in [6, 6.07) is 0.161. The third kappa shape index (κ3) is 1.21. The first-order chi connectivity index (χ1) is 6.16. The van der Waals surface area contributed by atoms with E-state index in [0.29, 0.717) is 6.04 Å². The topological polar surface area (TPSA) is 63.9 Å². The highest BCUT2D eigenvalue weighted by molar-refractivity contribution is 5.05. The van der Waals surface area contributed by atoms with E-state index in [1.54, 1.807) is 0 Å². The Morgan fingerprint density at radius 3 is 2.54 bits per heavy atom. The Hall–Kier alpha value is -0.160. The Labute approximate surface area is 77.8 Å². The second kappa shape index (κ2) is 3.20. The minimum atomic E-state index is -0.780. The number of aliphatic hydroxyl groups excluding tert-OH is 3. The van der Waals surface area contributed by atoms with Crippen LogP contribution in [0.1, 0.15) is 19.8 Å². The van der Waals surface area contributed by atoms with E-state index in [2.05, 4.69) is 11.8 Å². The molecule has 3 N–H and O–H groups in total. The first-order valence-corrected chi connectivity index (χ1v) is 4.91. The van der Waals surface area contributed by atoms with Crippen molar-refractivity contribution < 1.29 is 15.3 Å². The summed E-state index contributed by atoms with van der Waals surface area (Å²) >= 11 is 0. The van der Waals surface area contributed by atoms with Crippen molar-refractivity contribution in [1.82, 2.24) is 4.90 Å². The number of fused-ring (bicyclic) bond motifs is 1. The van der Waals surface area contributed by atoms with Gasteiger partial charge in [0.25, 0.3) is 0 Å². The van der Waals surface area contributed by atoms with Crippen LogP contribution < -0.4 is 0 Å². The van der Waals surface area contributed by atoms with Crippen molar-refractivity contribution in [2.24, 2.45) is 0 Å². The predicted octanol–water partition coefficient (Wildman–Crippen LogP) is -1.06. The van der Waals surface area contributed by atoms with Crippen molar-refractivity contribution in [2.75, 3.05) is 6.61 Å². The number of nitrogens with zero attached hydrogens (tertiary/aromatic N) is 1. The third-order valence-corrected chi connectivity index (χ3v) is 3.48. The molecule has 0 aromatic heterocycles. The quantitative estimate of drug-likeness (QED) is 0.489. The molecule has 4 heteroatoms. The molecular weight excluding hydrogens is 170 g/mol. The molecule has 2 fully saturated rings. The largest absolute Gasteiger partial charge is 0.395 e. The number of hydrogen-bond acceptors (Lipinski definition) is 4. The van der Waals surface area contributed by atoms with Crippen molar-refractivity contribution in [3.63, 3.8) is 0 Å². The fraction of sp³-hybridized carbons (Fsp3) is 1.00. The van der Waals surface area contributed by atoms with Gasteiger partial charge in [0.2, 0.25) is 0 Å². The molecule has 0 aromatic rings. The molecule has 2 rings (SSSR count). The van der Waals surface area contributed by atoms with Gasteiger partial charge < -0.3 is 15.3 Å². The Morgan fingerprint density at radius 1 is 1.23 bits per heavy atom. The fourth-order valence-electron chi connectivity index (χ4n) is 2.79. The van der Waals surface area contributed by atoms with E-state index < -0.39 is 12.2 Å². The molecule has 2 aliphatic heterocycles. The van der Waals surface area contributed by atoms with Crippen LogP contribution in [-0.4, -0.2) is 57.2 Å². The summed E-state index contributed by atoms with van der Waals surface area (Å²) in [6.45, 7) is 2.01. The molecule has 0 spiro atoms. The van der Waals surface area contributed by atoms with Gasteiger partial charge in [0.05, 0.1) is 24.9 Å². The summed E-state index contributed by atoms with van der Waals surface area (Å²) in [5.41, 5.74) is 0. The molecule has 76 valence electrons. The van der Waals surface area contributed by atoms with Gasteiger partial charge in [-0.05, 0) is 19.8 Å². The average Bonchev–Trinajstić information content (AvgIpc) is 2.58. The first-order valence-electron chi connectivity index (χ1n) is 4.91. The van der Waals surface area contributed by atoms with E-state index in [-0.39, 0.29) is 18.7 Å². The van der Waals surface area contributed by atoms with Crippen LogP contribution in [0.5, 0.6) is 0 Å². The molecule has 2 aliphatic rings. The lowest BCUT2D eigenvalue weighted by Gasteiger charge is -2.27. The van der Waals surface area contributed by atoms with Crippen LogP contribution in [-0.2, 0) is 0 Å². The van der Waals surface area contributed by atoms with Gasteiger partial charge in [-0.15, -0.1) is 0 Å². The molecule has 0 bridgehead atoms. The maximum atomic E-state index is 9.68. The minimum absolute atomic E-state index is 0.0575. The monoisotopic (exact) mass is 187 g/mol. The zero-order valence-corrected chi connectivity index (χ0v) is 7.80. The highest BCUT2D eigenvalue weighted by Gasteiger charge is 2.51. The summed E-state index contributed by atoms with van der Waals surface area (Å²) in [5.74, 6) is 0. The van der Waals surface area contributed by atoms with E-state index in [4.69, 9.17) is 5.11 Å². The number of rotatable bonds is 1. The molecule has 0 radical (unpaired) electrons. The molecule has 5 atom stereocenters. The standard InChI is InChI=1S/C9H17NO3/c1-5-2-3-6-8(12)9(13)7(4-11)10(5)6/h5-9,11-13H,2-4H2,1H3/t5-,6-,7+,8-,9-/m1/s1. The normalized spacial score (nSPS) is 51.2. The van der Waals surface area contributed by atoms with Crippen molar-refractivity contribution in [3.05, 3.63) is 0 Å². The number of aliphatic hydroxyl groups is 3. The summed E-state index contributed by atoms with van der Waals surface area (Å²) in [6.07, 6.45) is 0.515. The van der Waals surface area contributed by atoms with Crippen LogP contribution in [0.3, 0.4) is 0 Å². The van der Waals surface area contributed by atoms with Gasteiger partial charge >= 0.3 is 0 Å². The summed E-state index contributed by atoms with van der Waals surface area (Å²) < 4.78 is 0. The first kappa shape index (κ1) is 9.40. The van der Waals surface area contributed by atoms with Gasteiger partial charge in [0.1, 0.15) is 0 Å². The van der Waals surface area contributed by atoms with Gasteiger partial charge in [0, 0.05) is 12.1 Å². The van der Waals surface area contributed by atoms with E-state index >= 15 is 0 Å². The molecule has 0 amide bonds. The van der Waals surface area contributed by atoms with E-state index in [1.807, 2.05) is 0 Å². The van der Waals surface area contributed by atoms with Crippen molar-refractivity contribution in [2.45, 2.75) is 50.1 Å². The van der Waals surface area contributed by atoms with Crippen molar-refractivity contribution in [1.29, 1.82) is 0 Å². The lowest BCUT2D eigenvalue weighted by molar-refractivity contribution is 0.0132. The van der Waals surface area contributed by atoms with Crippen LogP contribution in [0.25, 0.3) is 0 Å². The smallest absolute Gasteiger partial charge is 0.0991 e. The maximum Gasteiger partial charge on any atom is 0.0991 e. The van der Waals surface area contributed by atoms with E-state index in [0.717, 1.165) is 12.8 Å². The maximum absolute atomic E-state index is 9.68. The molecule has 4 nitrogen and oxygen atoms in total. The Balaban J connectivity index is 2.20. The van der Waals surface area contributed by atoms with Crippen LogP contribution in [0, 0.1) is 0 Å². The van der Waals surface area contributed by atoms with Gasteiger partial charge in [-0.25, -0.2) is 0 Å². The highest BCUT2D eigenvalue weighted by atomic mass is 16.3. The van der Waals surface area contributed by atoms with Crippen molar-refractivity contribution >= 4 is 0 Å². The van der Waals surface area contributed by atoms with Gasteiger partial charge in [-0.1, -0.05) is 0 Å². The lowest BCUT2D eigenvalue weighted by Crippen LogP contribution is -2.42. The summed E-state index contributed by atoms with van der Waals surface area (Å²) in [5, 5.41) is 28.4. The Bertz CT molecular complexity index is 197. The minimum Gasteiger partial charge on any atom is -0.395 e. The molecule has 0 saturated carbocycles. The Morgan fingerprint density at radius 2 is 1.92 bits per heavy atom. The van der Waals surface area contributed by atoms with Crippen molar-refractivity contribution in [3.8, 4) is 0 Å². The van der Waals surface area contributed by atoms with Crippen LogP contribution in [0.2, 0.25) is 0 Å². The average molecular weight is 187 g/mol. The van der Waals surface area contributed by atoms with Crippen LogP contribution in [0.15, 0.2) is 0 Å². The SMILES string of the molecule is C[C@@H]1CC[C@@H]2[C@@H](O)[C@H](O)[C@H](CO)N12. The number of hydrogen-bond donors (Lipinski definition) is 3. The molecule has 0 unspecified atom stereocenters. The summed E-state index contributed by atoms with van der Waals surface area (Å²) in [7, 11) is 0. The van der Waals surface area contributed by atoms with Crippen LogP contribution in [0.4, 0.5) is 0 Å². The van der Waals surface area contributed by atoms with Gasteiger partial charge in [0.15, 0.2) is 0 Å². The third-order valence-electron chi connectivity index (χ3n) is 3.48. The molecule has 0 aliphatic carbocycles. The van der Waals surface area contributed by atoms with E-state index in [1.165, 1.54) is 0 Å². The fourth-order valence-corrected chi connectivity index (χ4v) is 2.79. The lowest BCUT2D eigenvalue weighted by atomic mass is 10.0. The highest BCUT2D eigenvalue weighted by Crippen LogP contribution is 2.36. The zero-order chi connectivity index (χ0) is 9.59. The molecule has 13 heavy (non-hydrogen) atoms. The van der Waals surface area contributed by atoms with Crippen LogP contribution >= 0.6 is 0 Å². The van der Waals surface area contributed by atoms with E-state index in [9.17, 15) is 10.2 Å². The zero-order valence-electron chi connectivity index (χ0n) is 7.80. The Kier molecular flexibility index (Phi) is 2.32. The molecule has 0 aromatic carbocycles. The predicted molar refractivity (Wildman–Crippen MR) is 47.2 cm³/mol. The molecular formula is C9H17NO3. The second-order valence-electron chi connectivity index (χ2n) is 4.17. The molecule has 2 heterocycles. The summed E-state index contributed by atoms with van der Waals surface area (Å²) in [4.78, 5) is 2.06.